The summed E-state index contributed by atoms with van der Waals surface area (Å²) in [6.07, 6.45) is 2.55. The third-order valence-electron chi connectivity index (χ3n) is 4.22. The van der Waals surface area contributed by atoms with Gasteiger partial charge in [0.25, 0.3) is 0 Å². The van der Waals surface area contributed by atoms with Gasteiger partial charge in [-0.2, -0.15) is 0 Å². The van der Waals surface area contributed by atoms with Gasteiger partial charge in [-0.1, -0.05) is 26.8 Å². The normalized spacial score (nSPS) is 11.0. The Labute approximate surface area is 125 Å². The Balaban J connectivity index is 2.89. The molecule has 0 saturated heterocycles. The van der Waals surface area contributed by atoms with Gasteiger partial charge in [-0.3, -0.25) is 0 Å². The lowest BCUT2D eigenvalue weighted by Crippen LogP contribution is -2.48. The quantitative estimate of drug-likeness (QED) is 0.746. The molecule has 0 bridgehead atoms. The highest BCUT2D eigenvalue weighted by atomic mass is 16.4. The number of carboxylic acids is 1. The van der Waals surface area contributed by atoms with Crippen LogP contribution in [0, 0.1) is 6.92 Å². The molecule has 116 valence electrons. The maximum atomic E-state index is 12.2. The van der Waals surface area contributed by atoms with E-state index < -0.39 is 5.97 Å². The first-order valence-electron chi connectivity index (χ1n) is 7.31. The van der Waals surface area contributed by atoms with Crippen LogP contribution in [0.15, 0.2) is 18.2 Å². The molecular formula is C16H24N2O3. The summed E-state index contributed by atoms with van der Waals surface area (Å²) >= 11 is 0. The molecule has 0 spiro atoms. The number of nitrogens with one attached hydrogen (secondary N) is 2. The molecule has 1 rings (SSSR count). The van der Waals surface area contributed by atoms with Crippen molar-refractivity contribution in [1.29, 1.82) is 0 Å². The predicted molar refractivity (Wildman–Crippen MR) is 83.9 cm³/mol. The van der Waals surface area contributed by atoms with E-state index >= 15 is 0 Å². The number of rotatable bonds is 6. The van der Waals surface area contributed by atoms with Crippen LogP contribution in [-0.2, 0) is 0 Å². The maximum Gasteiger partial charge on any atom is 0.336 e. The number of benzene rings is 1. The van der Waals surface area contributed by atoms with Crippen molar-refractivity contribution in [2.24, 2.45) is 0 Å². The van der Waals surface area contributed by atoms with Crippen molar-refractivity contribution in [3.05, 3.63) is 29.3 Å². The molecule has 0 unspecified atom stereocenters. The summed E-state index contributed by atoms with van der Waals surface area (Å²) in [5, 5.41) is 14.9. The number of aromatic carboxylic acids is 1. The zero-order chi connectivity index (χ0) is 16.0. The summed E-state index contributed by atoms with van der Waals surface area (Å²) in [7, 11) is 0. The van der Waals surface area contributed by atoms with E-state index in [0.29, 0.717) is 11.3 Å². The molecular weight excluding hydrogens is 268 g/mol. The van der Waals surface area contributed by atoms with Gasteiger partial charge in [0.1, 0.15) is 0 Å². The van der Waals surface area contributed by atoms with Gasteiger partial charge in [0.15, 0.2) is 0 Å². The molecule has 5 heteroatoms. The van der Waals surface area contributed by atoms with Crippen LogP contribution in [0.1, 0.15) is 56.0 Å². The fourth-order valence-corrected chi connectivity index (χ4v) is 2.41. The Morgan fingerprint density at radius 2 is 1.71 bits per heavy atom. The van der Waals surface area contributed by atoms with Crippen molar-refractivity contribution in [3.63, 3.8) is 0 Å². The monoisotopic (exact) mass is 292 g/mol. The molecule has 3 N–H and O–H groups in total. The SMILES string of the molecule is CCC(CC)(CC)NC(=O)Nc1cccc(C(=O)O)c1C. The van der Waals surface area contributed by atoms with Crippen LogP contribution in [0.25, 0.3) is 0 Å². The van der Waals surface area contributed by atoms with Crippen LogP contribution >= 0.6 is 0 Å². The Hall–Kier alpha value is -2.04. The number of amides is 2. The molecule has 21 heavy (non-hydrogen) atoms. The van der Waals surface area contributed by atoms with Crippen molar-refractivity contribution >= 4 is 17.7 Å². The summed E-state index contributed by atoms with van der Waals surface area (Å²) in [5.41, 5.74) is 1.04. The van der Waals surface area contributed by atoms with E-state index in [0.717, 1.165) is 19.3 Å². The van der Waals surface area contributed by atoms with Gasteiger partial charge < -0.3 is 15.7 Å². The Bertz CT molecular complexity index is 514. The van der Waals surface area contributed by atoms with Crippen LogP contribution in [0.3, 0.4) is 0 Å². The van der Waals surface area contributed by atoms with Gasteiger partial charge >= 0.3 is 12.0 Å². The Kier molecular flexibility index (Phi) is 5.76. The number of carbonyl (C=O) groups excluding carboxylic acids is 1. The van der Waals surface area contributed by atoms with E-state index in [9.17, 15) is 9.59 Å². The fraction of sp³-hybridized carbons (Fsp3) is 0.500. The van der Waals surface area contributed by atoms with E-state index in [1.807, 2.05) is 20.8 Å². The topological polar surface area (TPSA) is 78.4 Å². The average Bonchev–Trinajstić information content (AvgIpc) is 2.47. The van der Waals surface area contributed by atoms with E-state index in [1.165, 1.54) is 6.07 Å². The van der Waals surface area contributed by atoms with Gasteiger partial charge in [-0.15, -0.1) is 0 Å². The molecule has 0 aromatic heterocycles. The number of carbonyl (C=O) groups is 2. The van der Waals surface area contributed by atoms with Crippen molar-refractivity contribution in [2.75, 3.05) is 5.32 Å². The molecule has 0 saturated carbocycles. The molecule has 1 aromatic carbocycles. The molecule has 0 atom stereocenters. The first-order chi connectivity index (χ1) is 9.89. The van der Waals surface area contributed by atoms with Crippen LogP contribution in [0.4, 0.5) is 10.5 Å². The number of carboxylic acid groups (broad SMARTS) is 1. The van der Waals surface area contributed by atoms with Crippen LogP contribution in [-0.4, -0.2) is 22.6 Å². The molecule has 0 aliphatic carbocycles. The number of hydrogen-bond acceptors (Lipinski definition) is 2. The number of anilines is 1. The first kappa shape index (κ1) is 17.0. The third-order valence-corrected chi connectivity index (χ3v) is 4.22. The summed E-state index contributed by atoms with van der Waals surface area (Å²) in [4.78, 5) is 23.3. The molecule has 1 aromatic rings. The molecule has 5 nitrogen and oxygen atoms in total. The molecule has 0 aliphatic rings. The van der Waals surface area contributed by atoms with E-state index in [1.54, 1.807) is 19.1 Å². The molecule has 2 amide bonds. The van der Waals surface area contributed by atoms with Crippen molar-refractivity contribution in [1.82, 2.24) is 5.32 Å². The minimum atomic E-state index is -0.999. The van der Waals surface area contributed by atoms with Crippen molar-refractivity contribution in [2.45, 2.75) is 52.5 Å². The fourth-order valence-electron chi connectivity index (χ4n) is 2.41. The lowest BCUT2D eigenvalue weighted by atomic mass is 9.90. The van der Waals surface area contributed by atoms with Gasteiger partial charge in [0.2, 0.25) is 0 Å². The summed E-state index contributed by atoms with van der Waals surface area (Å²) < 4.78 is 0. The van der Waals surface area contributed by atoms with Crippen molar-refractivity contribution < 1.29 is 14.7 Å². The van der Waals surface area contributed by atoms with E-state index in [4.69, 9.17) is 5.11 Å². The van der Waals surface area contributed by atoms with Gasteiger partial charge in [-0.25, -0.2) is 9.59 Å². The van der Waals surface area contributed by atoms with Crippen LogP contribution in [0.2, 0.25) is 0 Å². The van der Waals surface area contributed by atoms with E-state index in [2.05, 4.69) is 10.6 Å². The summed E-state index contributed by atoms with van der Waals surface area (Å²) in [6, 6.07) is 4.55. The zero-order valence-electron chi connectivity index (χ0n) is 13.1. The second kappa shape index (κ2) is 7.11. The van der Waals surface area contributed by atoms with Gasteiger partial charge in [0.05, 0.1) is 5.56 Å². The van der Waals surface area contributed by atoms with Crippen LogP contribution in [0.5, 0.6) is 0 Å². The number of hydrogen-bond donors (Lipinski definition) is 3. The summed E-state index contributed by atoms with van der Waals surface area (Å²) in [5.74, 6) is -0.999. The first-order valence-corrected chi connectivity index (χ1v) is 7.31. The van der Waals surface area contributed by atoms with Crippen molar-refractivity contribution in [3.8, 4) is 0 Å². The lowest BCUT2D eigenvalue weighted by molar-refractivity contribution is 0.0696. The van der Waals surface area contributed by atoms with Gasteiger partial charge in [0, 0.05) is 11.2 Å². The highest BCUT2D eigenvalue weighted by molar-refractivity contribution is 5.95. The van der Waals surface area contributed by atoms with E-state index in [-0.39, 0.29) is 17.1 Å². The second-order valence-corrected chi connectivity index (χ2v) is 5.20. The largest absolute Gasteiger partial charge is 0.478 e. The highest BCUT2D eigenvalue weighted by Gasteiger charge is 2.26. The standard InChI is InChI=1S/C16H24N2O3/c1-5-16(6-2,7-3)18-15(21)17-13-10-8-9-12(11(13)4)14(19)20/h8-10H,5-7H2,1-4H3,(H,19,20)(H2,17,18,21). The predicted octanol–water partition coefficient (Wildman–Crippen LogP) is 3.78. The second-order valence-electron chi connectivity index (χ2n) is 5.20. The highest BCUT2D eigenvalue weighted by Crippen LogP contribution is 2.21. The average molecular weight is 292 g/mol. The van der Waals surface area contributed by atoms with Gasteiger partial charge in [-0.05, 0) is 43.9 Å². The molecule has 0 heterocycles. The Morgan fingerprint density at radius 1 is 1.14 bits per heavy atom. The third kappa shape index (κ3) is 3.97. The zero-order valence-corrected chi connectivity index (χ0v) is 13.1. The number of urea groups is 1. The summed E-state index contributed by atoms with van der Waals surface area (Å²) in [6.45, 7) is 7.82. The maximum absolute atomic E-state index is 12.2. The molecule has 0 aliphatic heterocycles. The molecule has 0 radical (unpaired) electrons. The van der Waals surface area contributed by atoms with Crippen LogP contribution < -0.4 is 10.6 Å². The Morgan fingerprint density at radius 3 is 2.19 bits per heavy atom. The minimum Gasteiger partial charge on any atom is -0.478 e. The lowest BCUT2D eigenvalue weighted by Gasteiger charge is -2.31. The molecule has 0 fully saturated rings. The minimum absolute atomic E-state index is 0.195. The smallest absolute Gasteiger partial charge is 0.336 e.